The third kappa shape index (κ3) is 5.54. The zero-order valence-corrected chi connectivity index (χ0v) is 15.9. The van der Waals surface area contributed by atoms with Crippen molar-refractivity contribution in [3.8, 4) is 0 Å². The zero-order chi connectivity index (χ0) is 20.4. The van der Waals surface area contributed by atoms with Crippen LogP contribution in [0.5, 0.6) is 0 Å². The van der Waals surface area contributed by atoms with Crippen LogP contribution in [0.1, 0.15) is 24.2 Å². The lowest BCUT2D eigenvalue weighted by Crippen LogP contribution is -2.29. The normalized spacial score (nSPS) is 10.7. The van der Waals surface area contributed by atoms with Crippen LogP contribution in [0, 0.1) is 5.92 Å². The molecule has 0 aliphatic heterocycles. The fraction of sp³-hybridized carbons (Fsp3) is 0.227. The summed E-state index contributed by atoms with van der Waals surface area (Å²) in [7, 11) is 0. The zero-order valence-electron chi connectivity index (χ0n) is 15.9. The van der Waals surface area contributed by atoms with Gasteiger partial charge in [-0.3, -0.25) is 19.3 Å². The van der Waals surface area contributed by atoms with Gasteiger partial charge in [0.05, 0.1) is 13.2 Å². The van der Waals surface area contributed by atoms with Crippen LogP contribution < -0.4 is 4.90 Å². The van der Waals surface area contributed by atoms with Crippen molar-refractivity contribution in [1.82, 2.24) is 0 Å². The van der Waals surface area contributed by atoms with Gasteiger partial charge in [-0.25, -0.2) is 0 Å². The summed E-state index contributed by atoms with van der Waals surface area (Å²) in [6.07, 6.45) is 2.73. The molecule has 6 heteroatoms. The Hall–Kier alpha value is -3.41. The molecular weight excluding hydrogens is 358 g/mol. The summed E-state index contributed by atoms with van der Waals surface area (Å²) in [6, 6.07) is 17.7. The molecule has 0 saturated heterocycles. The molecule has 0 atom stereocenters. The molecule has 146 valence electrons. The lowest BCUT2D eigenvalue weighted by molar-refractivity contribution is -0.158. The van der Waals surface area contributed by atoms with Crippen molar-refractivity contribution in [2.75, 3.05) is 18.1 Å². The second-order valence-electron chi connectivity index (χ2n) is 5.70. The van der Waals surface area contributed by atoms with E-state index in [0.29, 0.717) is 11.3 Å². The largest absolute Gasteiger partial charge is 0.465 e. The van der Waals surface area contributed by atoms with Gasteiger partial charge in [0.1, 0.15) is 0 Å². The molecule has 28 heavy (non-hydrogen) atoms. The summed E-state index contributed by atoms with van der Waals surface area (Å²) in [5.74, 6) is -3.00. The Morgan fingerprint density at radius 3 is 1.86 bits per heavy atom. The van der Waals surface area contributed by atoms with Gasteiger partial charge in [0.25, 0.3) is 5.91 Å². The molecule has 2 rings (SSSR count). The van der Waals surface area contributed by atoms with E-state index < -0.39 is 17.9 Å². The molecule has 0 N–H and O–H groups in total. The number of nitrogens with zero attached hydrogens (tertiary/aromatic N) is 1. The molecule has 2 aromatic carbocycles. The molecule has 0 aliphatic rings. The van der Waals surface area contributed by atoms with Gasteiger partial charge in [0.15, 0.2) is 5.92 Å². The Labute approximate surface area is 164 Å². The fourth-order valence-electron chi connectivity index (χ4n) is 2.47. The van der Waals surface area contributed by atoms with Crippen LogP contribution in [0.15, 0.2) is 72.9 Å². The molecular formula is C22H23NO5. The minimum Gasteiger partial charge on any atom is -0.465 e. The summed E-state index contributed by atoms with van der Waals surface area (Å²) >= 11 is 0. The first-order valence-electron chi connectivity index (χ1n) is 9.03. The van der Waals surface area contributed by atoms with E-state index in [1.165, 1.54) is 17.2 Å². The van der Waals surface area contributed by atoms with Crippen molar-refractivity contribution in [1.29, 1.82) is 0 Å². The molecule has 0 bridgehead atoms. The summed E-state index contributed by atoms with van der Waals surface area (Å²) in [4.78, 5) is 38.7. The predicted molar refractivity (Wildman–Crippen MR) is 106 cm³/mol. The number of esters is 2. The third-order valence-electron chi connectivity index (χ3n) is 3.78. The van der Waals surface area contributed by atoms with Gasteiger partial charge in [-0.2, -0.15) is 0 Å². The highest BCUT2D eigenvalue weighted by atomic mass is 16.6. The van der Waals surface area contributed by atoms with E-state index in [2.05, 4.69) is 0 Å². The summed E-state index contributed by atoms with van der Waals surface area (Å²) in [5.41, 5.74) is 1.07. The Kier molecular flexibility index (Phi) is 7.96. The number of hydrogen-bond acceptors (Lipinski definition) is 5. The molecule has 0 saturated carbocycles. The number of amides is 1. The Bertz CT molecular complexity index is 799. The molecule has 0 spiro atoms. The molecule has 2 aromatic rings. The Balaban J connectivity index is 2.37. The van der Waals surface area contributed by atoms with E-state index in [-0.39, 0.29) is 19.1 Å². The van der Waals surface area contributed by atoms with Crippen molar-refractivity contribution < 1.29 is 23.9 Å². The van der Waals surface area contributed by atoms with Crippen LogP contribution in [-0.2, 0) is 19.1 Å². The highest BCUT2D eigenvalue weighted by molar-refractivity contribution is 6.07. The molecule has 0 aliphatic carbocycles. The van der Waals surface area contributed by atoms with Crippen LogP contribution in [0.4, 0.5) is 5.69 Å². The maximum Gasteiger partial charge on any atom is 0.324 e. The second kappa shape index (κ2) is 10.7. The van der Waals surface area contributed by atoms with Crippen molar-refractivity contribution >= 4 is 23.5 Å². The Morgan fingerprint density at radius 2 is 1.36 bits per heavy atom. The smallest absolute Gasteiger partial charge is 0.324 e. The number of carbonyl (C=O) groups excluding carboxylic acids is 3. The van der Waals surface area contributed by atoms with Gasteiger partial charge in [0.2, 0.25) is 0 Å². The monoisotopic (exact) mass is 381 g/mol. The average molecular weight is 381 g/mol. The van der Waals surface area contributed by atoms with E-state index in [0.717, 1.165) is 0 Å². The third-order valence-corrected chi connectivity index (χ3v) is 3.78. The standard InChI is InChI=1S/C22H23NO5/c1-3-27-21(25)19(22(26)28-4-2)15-16-23(18-13-9-6-10-14-18)20(24)17-11-7-5-8-12-17/h5-16,19H,3-4H2,1-2H3/b16-15+. The molecule has 0 heterocycles. The maximum atomic E-state index is 13.0. The van der Waals surface area contributed by atoms with E-state index in [1.807, 2.05) is 12.1 Å². The van der Waals surface area contributed by atoms with Crippen molar-refractivity contribution in [2.24, 2.45) is 5.92 Å². The molecule has 1 amide bonds. The van der Waals surface area contributed by atoms with Crippen molar-refractivity contribution in [2.45, 2.75) is 13.8 Å². The molecule has 6 nitrogen and oxygen atoms in total. The molecule has 0 fully saturated rings. The predicted octanol–water partition coefficient (Wildman–Crippen LogP) is 3.59. The van der Waals surface area contributed by atoms with Gasteiger partial charge in [0, 0.05) is 17.5 Å². The van der Waals surface area contributed by atoms with E-state index in [4.69, 9.17) is 9.47 Å². The van der Waals surface area contributed by atoms with Crippen molar-refractivity contribution in [3.63, 3.8) is 0 Å². The quantitative estimate of drug-likeness (QED) is 0.516. The summed E-state index contributed by atoms with van der Waals surface area (Å²) in [6.45, 7) is 3.57. The van der Waals surface area contributed by atoms with Crippen LogP contribution >= 0.6 is 0 Å². The van der Waals surface area contributed by atoms with Crippen LogP contribution in [-0.4, -0.2) is 31.1 Å². The van der Waals surface area contributed by atoms with Gasteiger partial charge in [-0.1, -0.05) is 36.4 Å². The van der Waals surface area contributed by atoms with Crippen molar-refractivity contribution in [3.05, 3.63) is 78.5 Å². The number of benzene rings is 2. The first kappa shape index (κ1) is 20.9. The lowest BCUT2D eigenvalue weighted by Gasteiger charge is -2.19. The fourth-order valence-corrected chi connectivity index (χ4v) is 2.47. The van der Waals surface area contributed by atoms with Gasteiger partial charge in [-0.05, 0) is 44.2 Å². The van der Waals surface area contributed by atoms with Gasteiger partial charge < -0.3 is 9.47 Å². The Morgan fingerprint density at radius 1 is 0.857 bits per heavy atom. The highest BCUT2D eigenvalue weighted by Crippen LogP contribution is 2.19. The van der Waals surface area contributed by atoms with E-state index in [1.54, 1.807) is 62.4 Å². The first-order valence-corrected chi connectivity index (χ1v) is 9.03. The molecule has 0 aromatic heterocycles. The number of para-hydroxylation sites is 1. The number of anilines is 1. The number of ether oxygens (including phenoxy) is 2. The lowest BCUT2D eigenvalue weighted by atomic mass is 10.1. The first-order chi connectivity index (χ1) is 13.6. The van der Waals surface area contributed by atoms with E-state index in [9.17, 15) is 14.4 Å². The van der Waals surface area contributed by atoms with Crippen LogP contribution in [0.3, 0.4) is 0 Å². The SMILES string of the molecule is CCOC(=O)C(/C=C/N(C(=O)c1ccccc1)c1ccccc1)C(=O)OCC. The maximum absolute atomic E-state index is 13.0. The number of hydrogen-bond donors (Lipinski definition) is 0. The van der Waals surface area contributed by atoms with Crippen LogP contribution in [0.2, 0.25) is 0 Å². The summed E-state index contributed by atoms with van der Waals surface area (Å²) < 4.78 is 9.92. The minimum absolute atomic E-state index is 0.133. The molecule has 0 unspecified atom stereocenters. The van der Waals surface area contributed by atoms with Gasteiger partial charge in [-0.15, -0.1) is 0 Å². The highest BCUT2D eigenvalue weighted by Gasteiger charge is 2.27. The van der Waals surface area contributed by atoms with E-state index >= 15 is 0 Å². The topological polar surface area (TPSA) is 72.9 Å². The average Bonchev–Trinajstić information content (AvgIpc) is 2.72. The number of rotatable bonds is 8. The van der Waals surface area contributed by atoms with Gasteiger partial charge >= 0.3 is 11.9 Å². The minimum atomic E-state index is -1.25. The summed E-state index contributed by atoms with van der Waals surface area (Å²) in [5, 5.41) is 0. The molecule has 0 radical (unpaired) electrons. The second-order valence-corrected chi connectivity index (χ2v) is 5.70. The van der Waals surface area contributed by atoms with Crippen LogP contribution in [0.25, 0.3) is 0 Å². The number of carbonyl (C=O) groups is 3.